The van der Waals surface area contributed by atoms with E-state index in [1.165, 1.54) is 11.8 Å². The van der Waals surface area contributed by atoms with Crippen LogP contribution in [0.4, 0.5) is 5.69 Å². The van der Waals surface area contributed by atoms with Gasteiger partial charge < -0.3 is 5.32 Å². The first-order chi connectivity index (χ1) is 15.6. The van der Waals surface area contributed by atoms with E-state index in [1.54, 1.807) is 10.6 Å². The molecule has 3 aromatic carbocycles. The third-order valence-corrected chi connectivity index (χ3v) is 6.32. The molecule has 0 radical (unpaired) electrons. The Balaban J connectivity index is 1.61. The highest BCUT2D eigenvalue weighted by atomic mass is 32.2. The lowest BCUT2D eigenvalue weighted by molar-refractivity contribution is -0.113. The van der Waals surface area contributed by atoms with Crippen LogP contribution < -0.4 is 10.9 Å². The normalized spacial score (nSPS) is 10.9. The molecule has 4 aromatic rings. The van der Waals surface area contributed by atoms with E-state index in [0.29, 0.717) is 22.6 Å². The number of nitrogens with one attached hydrogen (secondary N) is 1. The molecule has 0 aliphatic heterocycles. The Morgan fingerprint density at radius 2 is 1.75 bits per heavy atom. The molecule has 0 saturated heterocycles. The van der Waals surface area contributed by atoms with Gasteiger partial charge >= 0.3 is 0 Å². The van der Waals surface area contributed by atoms with Crippen molar-refractivity contribution in [3.8, 4) is 0 Å². The second kappa shape index (κ2) is 9.83. The first-order valence-corrected chi connectivity index (χ1v) is 11.6. The van der Waals surface area contributed by atoms with E-state index < -0.39 is 0 Å². The monoisotopic (exact) mass is 443 g/mol. The number of nitrogens with zero attached hydrogens (tertiary/aromatic N) is 2. The average molecular weight is 444 g/mol. The molecule has 5 nitrogen and oxygen atoms in total. The van der Waals surface area contributed by atoms with E-state index in [1.807, 2.05) is 73.7 Å². The molecular weight excluding hydrogens is 418 g/mol. The van der Waals surface area contributed by atoms with Gasteiger partial charge in [-0.25, -0.2) is 4.98 Å². The summed E-state index contributed by atoms with van der Waals surface area (Å²) in [4.78, 5) is 30.7. The number of amides is 1. The maximum absolute atomic E-state index is 13.2. The maximum Gasteiger partial charge on any atom is 0.262 e. The fraction of sp³-hybridized carbons (Fsp3) is 0.192. The van der Waals surface area contributed by atoms with Crippen LogP contribution in [0.5, 0.6) is 0 Å². The summed E-state index contributed by atoms with van der Waals surface area (Å²) >= 11 is 1.28. The summed E-state index contributed by atoms with van der Waals surface area (Å²) in [6.07, 6.45) is 0.841. The zero-order chi connectivity index (χ0) is 22.5. The van der Waals surface area contributed by atoms with Crippen LogP contribution in [0.25, 0.3) is 10.9 Å². The first kappa shape index (κ1) is 21.8. The molecule has 1 heterocycles. The number of hydrogen-bond acceptors (Lipinski definition) is 4. The Bertz CT molecular complexity index is 1320. The summed E-state index contributed by atoms with van der Waals surface area (Å²) in [6.45, 7) is 4.46. The number of thioether (sulfide) groups is 1. The number of carbonyl (C=O) groups is 1. The van der Waals surface area contributed by atoms with E-state index in [9.17, 15) is 9.59 Å². The number of anilines is 1. The number of rotatable bonds is 7. The lowest BCUT2D eigenvalue weighted by Gasteiger charge is -2.15. The highest BCUT2D eigenvalue weighted by Gasteiger charge is 2.15. The summed E-state index contributed by atoms with van der Waals surface area (Å²) in [5.41, 5.74) is 4.55. The Hall–Kier alpha value is -3.38. The largest absolute Gasteiger partial charge is 0.325 e. The van der Waals surface area contributed by atoms with Crippen LogP contribution in [0, 0.1) is 6.92 Å². The molecule has 162 valence electrons. The number of para-hydroxylation sites is 2. The van der Waals surface area contributed by atoms with Crippen molar-refractivity contribution < 1.29 is 4.79 Å². The SMILES string of the molecule is CCc1cccc(C)c1NC(=O)CSc1nc2ccccc2c(=O)n1Cc1ccccc1. The molecule has 32 heavy (non-hydrogen) atoms. The highest BCUT2D eigenvalue weighted by Crippen LogP contribution is 2.23. The van der Waals surface area contributed by atoms with Crippen LogP contribution in [0.2, 0.25) is 0 Å². The van der Waals surface area contributed by atoms with Gasteiger partial charge in [0.05, 0.1) is 23.2 Å². The predicted octanol–water partition coefficient (Wildman–Crippen LogP) is 5.05. The minimum absolute atomic E-state index is 0.102. The van der Waals surface area contributed by atoms with Crippen molar-refractivity contribution in [3.05, 3.63) is 99.8 Å². The van der Waals surface area contributed by atoms with Crippen LogP contribution in [0.1, 0.15) is 23.6 Å². The number of fused-ring (bicyclic) bond motifs is 1. The van der Waals surface area contributed by atoms with Crippen molar-refractivity contribution >= 4 is 34.3 Å². The van der Waals surface area contributed by atoms with E-state index in [0.717, 1.165) is 28.8 Å². The minimum Gasteiger partial charge on any atom is -0.325 e. The molecule has 0 spiro atoms. The number of carbonyl (C=O) groups excluding carboxylic acids is 1. The zero-order valence-electron chi connectivity index (χ0n) is 18.2. The lowest BCUT2D eigenvalue weighted by Crippen LogP contribution is -2.25. The highest BCUT2D eigenvalue weighted by molar-refractivity contribution is 7.99. The Morgan fingerprint density at radius 1 is 1.00 bits per heavy atom. The van der Waals surface area contributed by atoms with Crippen molar-refractivity contribution in [1.29, 1.82) is 0 Å². The van der Waals surface area contributed by atoms with Gasteiger partial charge in [-0.15, -0.1) is 0 Å². The molecule has 0 aliphatic rings. The van der Waals surface area contributed by atoms with E-state index in [4.69, 9.17) is 4.98 Å². The van der Waals surface area contributed by atoms with E-state index >= 15 is 0 Å². The fourth-order valence-corrected chi connectivity index (χ4v) is 4.47. The van der Waals surface area contributed by atoms with Crippen molar-refractivity contribution in [2.24, 2.45) is 0 Å². The first-order valence-electron chi connectivity index (χ1n) is 10.6. The standard InChI is InChI=1S/C26H25N3O2S/c1-3-20-13-9-10-18(2)24(20)28-23(30)17-32-26-27-22-15-8-7-14-21(22)25(31)29(26)16-19-11-5-4-6-12-19/h4-15H,3,16-17H2,1-2H3,(H,28,30). The Labute approximate surface area is 191 Å². The van der Waals surface area contributed by atoms with Gasteiger partial charge in [0, 0.05) is 5.69 Å². The van der Waals surface area contributed by atoms with Gasteiger partial charge in [0.15, 0.2) is 5.16 Å². The number of aryl methyl sites for hydroxylation is 2. The fourth-order valence-electron chi connectivity index (χ4n) is 3.67. The molecule has 6 heteroatoms. The van der Waals surface area contributed by atoms with Crippen molar-refractivity contribution in [2.75, 3.05) is 11.1 Å². The molecule has 4 rings (SSSR count). The minimum atomic E-state index is -0.118. The second-order valence-electron chi connectivity index (χ2n) is 7.59. The third-order valence-electron chi connectivity index (χ3n) is 5.35. The molecule has 1 amide bonds. The molecule has 0 unspecified atom stereocenters. The van der Waals surface area contributed by atoms with E-state index in [-0.39, 0.29) is 17.2 Å². The van der Waals surface area contributed by atoms with Crippen LogP contribution in [-0.2, 0) is 17.8 Å². The van der Waals surface area contributed by atoms with Gasteiger partial charge in [0.2, 0.25) is 5.91 Å². The average Bonchev–Trinajstić information content (AvgIpc) is 2.82. The van der Waals surface area contributed by atoms with Gasteiger partial charge in [0.1, 0.15) is 0 Å². The summed E-state index contributed by atoms with van der Waals surface area (Å²) < 4.78 is 1.65. The summed E-state index contributed by atoms with van der Waals surface area (Å²) in [5.74, 6) is 0.0458. The topological polar surface area (TPSA) is 64.0 Å². The van der Waals surface area contributed by atoms with Gasteiger partial charge in [-0.2, -0.15) is 0 Å². The second-order valence-corrected chi connectivity index (χ2v) is 8.53. The van der Waals surface area contributed by atoms with Crippen LogP contribution in [-0.4, -0.2) is 21.2 Å². The molecule has 0 saturated carbocycles. The third kappa shape index (κ3) is 4.75. The zero-order valence-corrected chi connectivity index (χ0v) is 19.0. The van der Waals surface area contributed by atoms with Crippen molar-refractivity contribution in [3.63, 3.8) is 0 Å². The van der Waals surface area contributed by atoms with Crippen molar-refractivity contribution in [1.82, 2.24) is 9.55 Å². The molecule has 1 aromatic heterocycles. The number of hydrogen-bond donors (Lipinski definition) is 1. The van der Waals surface area contributed by atoms with Crippen LogP contribution in [0.3, 0.4) is 0 Å². The number of benzene rings is 3. The van der Waals surface area contributed by atoms with E-state index in [2.05, 4.69) is 12.2 Å². The van der Waals surface area contributed by atoms with Gasteiger partial charge in [-0.1, -0.05) is 79.3 Å². The van der Waals surface area contributed by atoms with Crippen LogP contribution >= 0.6 is 11.8 Å². The molecule has 0 fully saturated rings. The van der Waals surface area contributed by atoms with Crippen LogP contribution in [0.15, 0.2) is 82.7 Å². The van der Waals surface area contributed by atoms with Gasteiger partial charge in [-0.05, 0) is 42.2 Å². The molecule has 0 bridgehead atoms. The quantitative estimate of drug-likeness (QED) is 0.321. The van der Waals surface area contributed by atoms with Crippen molar-refractivity contribution in [2.45, 2.75) is 32.0 Å². The molecule has 1 N–H and O–H groups in total. The Kier molecular flexibility index (Phi) is 6.71. The van der Waals surface area contributed by atoms with Gasteiger partial charge in [-0.3, -0.25) is 14.2 Å². The van der Waals surface area contributed by atoms with Gasteiger partial charge in [0.25, 0.3) is 5.56 Å². The lowest BCUT2D eigenvalue weighted by atomic mass is 10.1. The predicted molar refractivity (Wildman–Crippen MR) is 131 cm³/mol. The smallest absolute Gasteiger partial charge is 0.262 e. The number of aromatic nitrogens is 2. The summed E-state index contributed by atoms with van der Waals surface area (Å²) in [6, 6.07) is 23.1. The molecular formula is C26H25N3O2S. The Morgan fingerprint density at radius 3 is 2.53 bits per heavy atom. The summed E-state index contributed by atoms with van der Waals surface area (Å²) in [7, 11) is 0. The molecule has 0 aliphatic carbocycles. The summed E-state index contributed by atoms with van der Waals surface area (Å²) in [5, 5.41) is 4.16. The maximum atomic E-state index is 13.2. The molecule has 0 atom stereocenters.